The summed E-state index contributed by atoms with van der Waals surface area (Å²) in [5.41, 5.74) is 1.05. The van der Waals surface area contributed by atoms with Crippen LogP contribution < -0.4 is 20.1 Å². The minimum absolute atomic E-state index is 0.0157. The van der Waals surface area contributed by atoms with Crippen molar-refractivity contribution in [2.45, 2.75) is 64.0 Å². The highest BCUT2D eigenvalue weighted by atomic mass is 28.3. The maximum absolute atomic E-state index is 15.2. The molecule has 0 aliphatic carbocycles. The summed E-state index contributed by atoms with van der Waals surface area (Å²) in [6.07, 6.45) is -6.91. The van der Waals surface area contributed by atoms with Crippen LogP contribution in [0.15, 0.2) is 54.6 Å². The molecule has 0 heterocycles. The summed E-state index contributed by atoms with van der Waals surface area (Å²) in [6.45, 7) is 4.07. The average Bonchev–Trinajstić information content (AvgIpc) is 3.08. The van der Waals surface area contributed by atoms with Gasteiger partial charge in [-0.15, -0.1) is 0 Å². The molecule has 2 amide bonds. The summed E-state index contributed by atoms with van der Waals surface area (Å²) in [4.78, 5) is 39.0. The van der Waals surface area contributed by atoms with Crippen LogP contribution in [0, 0.1) is 17.1 Å². The van der Waals surface area contributed by atoms with Gasteiger partial charge in [0.15, 0.2) is 17.6 Å². The topological polar surface area (TPSA) is 150 Å². The van der Waals surface area contributed by atoms with Crippen molar-refractivity contribution in [1.29, 1.82) is 5.26 Å². The van der Waals surface area contributed by atoms with Crippen LogP contribution in [0.1, 0.15) is 34.7 Å². The lowest BCUT2D eigenvalue weighted by atomic mass is 9.99. The van der Waals surface area contributed by atoms with Gasteiger partial charge in [-0.25, -0.2) is 31.5 Å². The molecule has 53 heavy (non-hydrogen) atoms. The number of aliphatic carboxylic acids is 1. The number of aryl methyl sites for hydroxylation is 1. The summed E-state index contributed by atoms with van der Waals surface area (Å²) < 4.78 is 82.7. The monoisotopic (exact) mass is 764 g/mol. The highest BCUT2D eigenvalue weighted by Gasteiger charge is 2.24. The molecule has 0 saturated carbocycles. The summed E-state index contributed by atoms with van der Waals surface area (Å²) in [7, 11) is -0.145. The third-order valence-electron chi connectivity index (χ3n) is 7.53. The second-order valence-corrected chi connectivity index (χ2v) is 18.8. The molecule has 1 unspecified atom stereocenters. The summed E-state index contributed by atoms with van der Waals surface area (Å²) >= 11 is 0. The van der Waals surface area contributed by atoms with Gasteiger partial charge in [0.25, 0.3) is 12.9 Å². The number of nitrogens with one attached hydrogen (secondary N) is 2. The fourth-order valence-electron chi connectivity index (χ4n) is 4.86. The number of benzene rings is 3. The minimum atomic E-state index is -2.92. The molecule has 3 N–H and O–H groups in total. The van der Waals surface area contributed by atoms with E-state index in [1.165, 1.54) is 55.6 Å². The Kier molecular flexibility index (Phi) is 15.4. The van der Waals surface area contributed by atoms with E-state index in [2.05, 4.69) is 30.3 Å². The molecule has 0 aromatic heterocycles. The molecule has 3 rings (SSSR count). The Morgan fingerprint density at radius 2 is 1.58 bits per heavy atom. The predicted molar refractivity (Wildman–Crippen MR) is 189 cm³/mol. The number of nitrogens with zero attached hydrogens (tertiary/aromatic N) is 2. The van der Waals surface area contributed by atoms with Crippen LogP contribution in [0.3, 0.4) is 0 Å². The van der Waals surface area contributed by atoms with E-state index in [9.17, 15) is 37.1 Å². The van der Waals surface area contributed by atoms with Crippen molar-refractivity contribution >= 4 is 37.4 Å². The Morgan fingerprint density at radius 3 is 2.19 bits per heavy atom. The molecule has 0 spiro atoms. The highest BCUT2D eigenvalue weighted by molar-refractivity contribution is 6.76. The first-order valence-corrected chi connectivity index (χ1v) is 20.1. The molecule has 1 atom stereocenters. The fourth-order valence-corrected chi connectivity index (χ4v) is 5.57. The molecule has 0 saturated heterocycles. The van der Waals surface area contributed by atoms with Crippen LogP contribution in [-0.2, 0) is 27.3 Å². The number of nitriles is 1. The van der Waals surface area contributed by atoms with E-state index >= 15 is 4.39 Å². The summed E-state index contributed by atoms with van der Waals surface area (Å²) in [6, 6.07) is 13.6. The summed E-state index contributed by atoms with van der Waals surface area (Å²) in [5.74, 6) is -3.58. The van der Waals surface area contributed by atoms with Crippen LogP contribution in [0.4, 0.5) is 38.1 Å². The maximum atomic E-state index is 15.2. The van der Waals surface area contributed by atoms with Crippen LogP contribution >= 0.6 is 0 Å². The smallest absolute Gasteiger partial charge is 0.409 e. The average molecular weight is 765 g/mol. The summed E-state index contributed by atoms with van der Waals surface area (Å²) in [5, 5.41) is 24.3. The number of ether oxygens (including phenoxy) is 3. The van der Waals surface area contributed by atoms with E-state index in [1.807, 2.05) is 6.07 Å². The van der Waals surface area contributed by atoms with E-state index < -0.39 is 69.7 Å². The van der Waals surface area contributed by atoms with Crippen molar-refractivity contribution in [2.24, 2.45) is 0 Å². The Morgan fingerprint density at radius 1 is 0.925 bits per heavy atom. The molecule has 0 fully saturated rings. The molecule has 3 aromatic rings. The fraction of sp³-hybridized carbons (Fsp3) is 0.389. The highest BCUT2D eigenvalue weighted by Crippen LogP contribution is 2.31. The van der Waals surface area contributed by atoms with E-state index in [0.29, 0.717) is 17.3 Å². The Labute approximate surface area is 304 Å². The number of alkyl halides is 4. The van der Waals surface area contributed by atoms with Crippen LogP contribution in [0.5, 0.6) is 11.5 Å². The molecule has 0 bridgehead atoms. The number of halogens is 5. The van der Waals surface area contributed by atoms with Gasteiger partial charge in [0.2, 0.25) is 5.91 Å². The van der Waals surface area contributed by atoms with Crippen LogP contribution in [-0.4, -0.2) is 75.8 Å². The molecule has 0 aliphatic rings. The SMILES string of the molecule is CN(Cc1cc(NC(=O)CCc2cc(C(Nc3ccc(C#N)cc3)C(=O)O)ccc2OCC(F)F)cc(F)c1OCC(F)F)C(=O)OCC[Si](C)(C)C. The zero-order chi connectivity index (χ0) is 39.3. The minimum Gasteiger partial charge on any atom is -0.487 e. The van der Waals surface area contributed by atoms with E-state index in [1.54, 1.807) is 0 Å². The van der Waals surface area contributed by atoms with Crippen LogP contribution in [0.2, 0.25) is 25.7 Å². The van der Waals surface area contributed by atoms with Gasteiger partial charge in [-0.3, -0.25) is 4.79 Å². The quantitative estimate of drug-likeness (QED) is 0.0825. The van der Waals surface area contributed by atoms with E-state index in [0.717, 1.165) is 11.0 Å². The van der Waals surface area contributed by atoms with Gasteiger partial charge in [0, 0.05) is 44.5 Å². The second-order valence-electron chi connectivity index (χ2n) is 13.2. The number of hydrogen-bond acceptors (Lipinski definition) is 8. The molecule has 3 aromatic carbocycles. The van der Waals surface area contributed by atoms with E-state index in [4.69, 9.17) is 19.5 Å². The largest absolute Gasteiger partial charge is 0.487 e. The van der Waals surface area contributed by atoms with Gasteiger partial charge in [0.05, 0.1) is 24.8 Å². The first-order valence-electron chi connectivity index (χ1n) is 16.4. The molecule has 0 aliphatic heterocycles. The molecule has 0 radical (unpaired) electrons. The van der Waals surface area contributed by atoms with Gasteiger partial charge < -0.3 is 34.9 Å². The maximum Gasteiger partial charge on any atom is 0.409 e. The van der Waals surface area contributed by atoms with Gasteiger partial charge in [0.1, 0.15) is 19.0 Å². The van der Waals surface area contributed by atoms with Gasteiger partial charge in [-0.05, 0) is 66.1 Å². The lowest BCUT2D eigenvalue weighted by Crippen LogP contribution is -2.30. The lowest BCUT2D eigenvalue weighted by Gasteiger charge is -2.22. The normalized spacial score (nSPS) is 11.8. The van der Waals surface area contributed by atoms with Crippen molar-refractivity contribution < 1.29 is 55.7 Å². The van der Waals surface area contributed by atoms with Crippen molar-refractivity contribution in [3.63, 3.8) is 0 Å². The van der Waals surface area contributed by atoms with Crippen molar-refractivity contribution in [1.82, 2.24) is 4.90 Å². The number of amides is 2. The number of carboxylic acids is 1. The molecule has 11 nitrogen and oxygen atoms in total. The number of anilines is 2. The zero-order valence-electron chi connectivity index (χ0n) is 29.6. The number of carboxylic acid groups (broad SMARTS) is 1. The second kappa shape index (κ2) is 19.5. The van der Waals surface area contributed by atoms with Crippen molar-refractivity contribution in [2.75, 3.05) is 37.5 Å². The molecular formula is C36H41F5N4O7Si. The number of hydrogen-bond donors (Lipinski definition) is 3. The third-order valence-corrected chi connectivity index (χ3v) is 9.23. The van der Waals surface area contributed by atoms with E-state index in [-0.39, 0.29) is 54.1 Å². The molecular weight excluding hydrogens is 723 g/mol. The Hall–Kier alpha value is -5.37. The molecule has 286 valence electrons. The number of carbonyl (C=O) groups excluding carboxylic acids is 2. The Balaban J connectivity index is 1.82. The van der Waals surface area contributed by atoms with Crippen molar-refractivity contribution in [3.8, 4) is 17.6 Å². The Bertz CT molecular complexity index is 1770. The molecule has 17 heteroatoms. The number of carbonyl (C=O) groups is 3. The van der Waals surface area contributed by atoms with Gasteiger partial charge in [-0.1, -0.05) is 25.7 Å². The van der Waals surface area contributed by atoms with Crippen LogP contribution in [0.25, 0.3) is 0 Å². The van der Waals surface area contributed by atoms with Crippen molar-refractivity contribution in [3.05, 3.63) is 82.7 Å². The zero-order valence-corrected chi connectivity index (χ0v) is 30.6. The number of rotatable bonds is 19. The first-order chi connectivity index (χ1) is 24.9. The van der Waals surface area contributed by atoms with Gasteiger partial charge in [-0.2, -0.15) is 5.26 Å². The standard InChI is InChI=1S/C36H41F5N4O7Si/c1-45(36(49)50-13-14-53(2,3)4)19-25-16-27(17-28(37)34(25)52-21-31(40)41)43-32(46)12-8-23-15-24(7-11-29(23)51-20-30(38)39)33(35(47)48)44-26-9-5-22(18-42)6-10-26/h5-7,9-11,15-17,30-31,33,44H,8,12-14,19-21H2,1-4H3,(H,43,46)(H,47,48). The predicted octanol–water partition coefficient (Wildman–Crippen LogP) is 7.70. The lowest BCUT2D eigenvalue weighted by molar-refractivity contribution is -0.138. The third kappa shape index (κ3) is 13.9. The van der Waals surface area contributed by atoms with Gasteiger partial charge >= 0.3 is 12.1 Å². The first kappa shape index (κ1) is 42.0.